The first-order chi connectivity index (χ1) is 13.6. The number of carbonyl (C=O) groups is 1. The van der Waals surface area contributed by atoms with E-state index in [2.05, 4.69) is 10.3 Å². The van der Waals surface area contributed by atoms with Crippen LogP contribution in [0, 0.1) is 6.92 Å². The first kappa shape index (κ1) is 18.3. The number of rotatable bonds is 6. The van der Waals surface area contributed by atoms with E-state index in [4.69, 9.17) is 14.2 Å². The van der Waals surface area contributed by atoms with Crippen molar-refractivity contribution in [2.24, 2.45) is 0 Å². The number of aromatic nitrogens is 1. The van der Waals surface area contributed by atoms with Gasteiger partial charge in [0.1, 0.15) is 15.6 Å². The number of nitrogens with one attached hydrogen (secondary N) is 1. The van der Waals surface area contributed by atoms with Crippen molar-refractivity contribution in [2.45, 2.75) is 20.4 Å². The van der Waals surface area contributed by atoms with Crippen LogP contribution in [0.3, 0.4) is 0 Å². The van der Waals surface area contributed by atoms with Gasteiger partial charge < -0.3 is 19.5 Å². The van der Waals surface area contributed by atoms with E-state index in [9.17, 15) is 4.79 Å². The summed E-state index contributed by atoms with van der Waals surface area (Å²) >= 11 is 1.39. The van der Waals surface area contributed by atoms with Gasteiger partial charge in [0, 0.05) is 12.1 Å². The van der Waals surface area contributed by atoms with Gasteiger partial charge in [-0.1, -0.05) is 6.07 Å². The lowest BCUT2D eigenvalue weighted by Gasteiger charge is -2.05. The molecule has 0 bridgehead atoms. The third-order valence-corrected chi connectivity index (χ3v) is 5.51. The van der Waals surface area contributed by atoms with E-state index >= 15 is 0 Å². The van der Waals surface area contributed by atoms with E-state index < -0.39 is 0 Å². The van der Waals surface area contributed by atoms with E-state index in [1.54, 1.807) is 0 Å². The minimum absolute atomic E-state index is 0.134. The average molecular weight is 396 g/mol. The number of benzene rings is 2. The van der Waals surface area contributed by atoms with Crippen LogP contribution in [0.15, 0.2) is 42.5 Å². The predicted octanol–water partition coefficient (Wildman–Crippen LogP) is 4.18. The van der Waals surface area contributed by atoms with Gasteiger partial charge in [0.2, 0.25) is 6.79 Å². The molecule has 2 heterocycles. The summed E-state index contributed by atoms with van der Waals surface area (Å²) in [6.07, 6.45) is 0. The lowest BCUT2D eigenvalue weighted by Crippen LogP contribution is -2.22. The minimum Gasteiger partial charge on any atom is -0.494 e. The molecule has 3 aromatic rings. The molecule has 6 nitrogen and oxygen atoms in total. The van der Waals surface area contributed by atoms with Crippen molar-refractivity contribution in [1.29, 1.82) is 0 Å². The highest BCUT2D eigenvalue weighted by Crippen LogP contribution is 2.33. The molecule has 0 atom stereocenters. The fourth-order valence-electron chi connectivity index (χ4n) is 2.90. The van der Waals surface area contributed by atoms with Crippen molar-refractivity contribution in [1.82, 2.24) is 10.3 Å². The first-order valence-corrected chi connectivity index (χ1v) is 9.83. The van der Waals surface area contributed by atoms with Gasteiger partial charge in [-0.15, -0.1) is 11.3 Å². The second kappa shape index (κ2) is 7.90. The number of carbonyl (C=O) groups excluding carboxylic acids is 1. The maximum atomic E-state index is 12.6. The van der Waals surface area contributed by atoms with Crippen molar-refractivity contribution < 1.29 is 19.0 Å². The number of thiazole rings is 1. The van der Waals surface area contributed by atoms with Gasteiger partial charge >= 0.3 is 0 Å². The number of fused-ring (bicyclic) bond motifs is 1. The fourth-order valence-corrected chi connectivity index (χ4v) is 3.89. The van der Waals surface area contributed by atoms with Gasteiger partial charge in [-0.3, -0.25) is 4.79 Å². The Kier molecular flexibility index (Phi) is 5.16. The Bertz CT molecular complexity index is 998. The van der Waals surface area contributed by atoms with Crippen molar-refractivity contribution in [2.75, 3.05) is 13.4 Å². The Morgan fingerprint density at radius 1 is 1.18 bits per heavy atom. The maximum absolute atomic E-state index is 12.6. The number of nitrogens with zero attached hydrogens (tertiary/aromatic N) is 1. The summed E-state index contributed by atoms with van der Waals surface area (Å²) in [6.45, 7) is 5.07. The smallest absolute Gasteiger partial charge is 0.263 e. The van der Waals surface area contributed by atoms with Gasteiger partial charge in [-0.05, 0) is 55.8 Å². The van der Waals surface area contributed by atoms with Crippen LogP contribution in [0.4, 0.5) is 0 Å². The molecular formula is C21H20N2O4S. The Morgan fingerprint density at radius 3 is 2.75 bits per heavy atom. The molecule has 1 aromatic heterocycles. The molecule has 1 aliphatic heterocycles. The molecule has 1 amide bonds. The minimum atomic E-state index is -0.134. The summed E-state index contributed by atoms with van der Waals surface area (Å²) in [6, 6.07) is 13.4. The lowest BCUT2D eigenvalue weighted by atomic mass is 10.2. The fraction of sp³-hybridized carbons (Fsp3) is 0.238. The van der Waals surface area contributed by atoms with Crippen LogP contribution in [0.25, 0.3) is 10.6 Å². The zero-order chi connectivity index (χ0) is 19.5. The summed E-state index contributed by atoms with van der Waals surface area (Å²) in [7, 11) is 0. The molecule has 0 radical (unpaired) electrons. The molecule has 0 saturated heterocycles. The summed E-state index contributed by atoms with van der Waals surface area (Å²) in [5, 5.41) is 3.77. The van der Waals surface area contributed by atoms with Crippen LogP contribution in [-0.2, 0) is 6.54 Å². The van der Waals surface area contributed by atoms with Gasteiger partial charge in [0.25, 0.3) is 5.91 Å². The largest absolute Gasteiger partial charge is 0.494 e. The van der Waals surface area contributed by atoms with Crippen LogP contribution >= 0.6 is 11.3 Å². The second-order valence-corrected chi connectivity index (χ2v) is 7.26. The molecule has 4 rings (SSSR count). The van der Waals surface area contributed by atoms with Crippen LogP contribution in [0.1, 0.15) is 27.9 Å². The highest BCUT2D eigenvalue weighted by molar-refractivity contribution is 7.17. The molecule has 0 unspecified atom stereocenters. The summed E-state index contributed by atoms with van der Waals surface area (Å²) in [4.78, 5) is 17.8. The molecule has 1 aliphatic rings. The monoisotopic (exact) mass is 396 g/mol. The van der Waals surface area contributed by atoms with E-state index in [1.165, 1.54) is 11.3 Å². The SMILES string of the molecule is CCOc1ccc(-c2nc(C)c(C(=O)NCc3ccc4c(c3)OCO4)s2)cc1. The average Bonchev–Trinajstić information content (AvgIpc) is 3.33. The second-order valence-electron chi connectivity index (χ2n) is 6.26. The predicted molar refractivity (Wildman–Crippen MR) is 107 cm³/mol. The molecule has 2 aromatic carbocycles. The van der Waals surface area contributed by atoms with E-state index in [0.29, 0.717) is 23.8 Å². The maximum Gasteiger partial charge on any atom is 0.263 e. The molecule has 0 spiro atoms. The standard InChI is InChI=1S/C21H20N2O4S/c1-3-25-16-7-5-15(6-8-16)21-23-13(2)19(28-21)20(24)22-11-14-4-9-17-18(10-14)27-12-26-17/h4-10H,3,11-12H2,1-2H3,(H,22,24). The molecule has 144 valence electrons. The van der Waals surface area contributed by atoms with Crippen molar-refractivity contribution in [3.63, 3.8) is 0 Å². The lowest BCUT2D eigenvalue weighted by molar-refractivity contribution is 0.0954. The Morgan fingerprint density at radius 2 is 1.96 bits per heavy atom. The number of hydrogen-bond donors (Lipinski definition) is 1. The zero-order valence-corrected chi connectivity index (χ0v) is 16.5. The third kappa shape index (κ3) is 3.80. The molecular weight excluding hydrogens is 376 g/mol. The number of hydrogen-bond acceptors (Lipinski definition) is 6. The van der Waals surface area contributed by atoms with E-state index in [1.807, 2.05) is 56.3 Å². The quantitative estimate of drug-likeness (QED) is 0.677. The number of amides is 1. The van der Waals surface area contributed by atoms with Crippen LogP contribution in [-0.4, -0.2) is 24.3 Å². The highest BCUT2D eigenvalue weighted by Gasteiger charge is 2.17. The van der Waals surface area contributed by atoms with Crippen molar-refractivity contribution in [3.8, 4) is 27.8 Å². The van der Waals surface area contributed by atoms with Gasteiger partial charge in [0.15, 0.2) is 11.5 Å². The van der Waals surface area contributed by atoms with Gasteiger partial charge in [-0.2, -0.15) is 0 Å². The number of ether oxygens (including phenoxy) is 3. The zero-order valence-electron chi connectivity index (χ0n) is 15.7. The van der Waals surface area contributed by atoms with Gasteiger partial charge in [0.05, 0.1) is 12.3 Å². The molecule has 7 heteroatoms. The Labute approximate surface area is 167 Å². The van der Waals surface area contributed by atoms with Crippen molar-refractivity contribution >= 4 is 17.2 Å². The molecule has 0 fully saturated rings. The Balaban J connectivity index is 1.44. The highest BCUT2D eigenvalue weighted by atomic mass is 32.1. The van der Waals surface area contributed by atoms with Crippen LogP contribution in [0.2, 0.25) is 0 Å². The van der Waals surface area contributed by atoms with Crippen LogP contribution < -0.4 is 19.5 Å². The summed E-state index contributed by atoms with van der Waals surface area (Å²) in [5.41, 5.74) is 2.63. The van der Waals surface area contributed by atoms with Crippen molar-refractivity contribution in [3.05, 3.63) is 58.6 Å². The molecule has 28 heavy (non-hydrogen) atoms. The third-order valence-electron chi connectivity index (χ3n) is 4.31. The first-order valence-electron chi connectivity index (χ1n) is 9.01. The normalized spacial score (nSPS) is 12.1. The number of aryl methyl sites for hydroxylation is 1. The van der Waals surface area contributed by atoms with E-state index in [-0.39, 0.29) is 12.7 Å². The molecule has 0 aliphatic carbocycles. The van der Waals surface area contributed by atoms with E-state index in [0.717, 1.165) is 33.3 Å². The van der Waals surface area contributed by atoms with Gasteiger partial charge in [-0.25, -0.2) is 4.98 Å². The molecule has 0 saturated carbocycles. The summed E-state index contributed by atoms with van der Waals surface area (Å²) in [5.74, 6) is 2.12. The molecule has 1 N–H and O–H groups in total. The van der Waals surface area contributed by atoms with Crippen LogP contribution in [0.5, 0.6) is 17.2 Å². The summed E-state index contributed by atoms with van der Waals surface area (Å²) < 4.78 is 16.1. The Hall–Kier alpha value is -3.06. The topological polar surface area (TPSA) is 69.7 Å².